The average Bonchev–Trinajstić information content (AvgIpc) is 2.85. The molecule has 3 aliphatic rings. The van der Waals surface area contributed by atoms with Gasteiger partial charge in [-0.1, -0.05) is 11.1 Å². The van der Waals surface area contributed by atoms with Crippen LogP contribution in [0.3, 0.4) is 0 Å². The molecule has 3 aliphatic carbocycles. The van der Waals surface area contributed by atoms with Crippen LogP contribution in [0, 0.1) is 29.6 Å². The second kappa shape index (κ2) is 1.99. The molecule has 3 rings (SSSR count). The van der Waals surface area contributed by atoms with E-state index in [0.717, 1.165) is 11.8 Å². The van der Waals surface area contributed by atoms with E-state index < -0.39 is 5.97 Å². The van der Waals surface area contributed by atoms with Crippen molar-refractivity contribution in [1.29, 1.82) is 0 Å². The number of fused-ring (bicyclic) bond motifs is 3. The predicted molar refractivity (Wildman–Crippen MR) is 48.1 cm³/mol. The minimum absolute atomic E-state index is 0.0198. The van der Waals surface area contributed by atoms with Crippen LogP contribution in [-0.2, 0) is 4.79 Å². The number of carboxylic acids is 1. The molecule has 0 bridgehead atoms. The second-order valence-electron chi connectivity index (χ2n) is 4.93. The van der Waals surface area contributed by atoms with Crippen molar-refractivity contribution >= 4 is 5.97 Å². The van der Waals surface area contributed by atoms with Gasteiger partial charge in [-0.05, 0) is 43.9 Å². The van der Waals surface area contributed by atoms with E-state index in [1.807, 2.05) is 0 Å². The zero-order valence-electron chi connectivity index (χ0n) is 7.95. The fourth-order valence-corrected chi connectivity index (χ4v) is 3.54. The molecule has 13 heavy (non-hydrogen) atoms. The van der Waals surface area contributed by atoms with Gasteiger partial charge in [0.15, 0.2) is 0 Å². The number of rotatable bonds is 1. The number of hydrogen-bond donors (Lipinski definition) is 1. The third-order valence-corrected chi connectivity index (χ3v) is 4.03. The Bertz CT molecular complexity index is 325. The van der Waals surface area contributed by atoms with Gasteiger partial charge < -0.3 is 5.11 Å². The molecule has 3 saturated carbocycles. The number of carbonyl (C=O) groups is 1. The van der Waals surface area contributed by atoms with E-state index in [-0.39, 0.29) is 5.92 Å². The monoisotopic (exact) mass is 178 g/mol. The molecule has 0 aromatic heterocycles. The summed E-state index contributed by atoms with van der Waals surface area (Å²) in [6, 6.07) is 0. The van der Waals surface area contributed by atoms with E-state index in [1.54, 1.807) is 0 Å². The summed E-state index contributed by atoms with van der Waals surface area (Å²) < 4.78 is 0. The molecule has 2 heteroatoms. The highest BCUT2D eigenvalue weighted by Gasteiger charge is 2.73. The Hall–Kier alpha value is -0.790. The number of hydrogen-bond acceptors (Lipinski definition) is 1. The fraction of sp³-hybridized carbons (Fsp3) is 0.727. The van der Waals surface area contributed by atoms with Gasteiger partial charge in [0.2, 0.25) is 0 Å². The fourth-order valence-electron chi connectivity index (χ4n) is 3.54. The van der Waals surface area contributed by atoms with E-state index >= 15 is 0 Å². The lowest BCUT2D eigenvalue weighted by Crippen LogP contribution is -2.05. The zero-order valence-corrected chi connectivity index (χ0v) is 7.95. The lowest BCUT2D eigenvalue weighted by Gasteiger charge is -2.05. The van der Waals surface area contributed by atoms with Gasteiger partial charge >= 0.3 is 5.97 Å². The number of aliphatic carboxylic acids is 1. The van der Waals surface area contributed by atoms with Gasteiger partial charge in [0, 0.05) is 0 Å². The average molecular weight is 178 g/mol. The standard InChI is InChI=1S/C11H14O2/c1-4(2)7-5-3-6(5)8-9(7)10(8)11(12)13/h5-6,8-10H,3H2,1-2H3,(H,12,13)/t5-,6+,8-,9-,10+/m0/s1. The first-order chi connectivity index (χ1) is 6.13. The molecule has 0 amide bonds. The van der Waals surface area contributed by atoms with E-state index in [1.165, 1.54) is 17.6 Å². The minimum atomic E-state index is -0.570. The largest absolute Gasteiger partial charge is 0.481 e. The molecule has 3 fully saturated rings. The molecule has 0 heterocycles. The summed E-state index contributed by atoms with van der Waals surface area (Å²) >= 11 is 0. The van der Waals surface area contributed by atoms with Crippen LogP contribution >= 0.6 is 0 Å². The highest BCUT2D eigenvalue weighted by Crippen LogP contribution is 2.75. The van der Waals surface area contributed by atoms with E-state index in [0.29, 0.717) is 11.8 Å². The minimum Gasteiger partial charge on any atom is -0.481 e. The van der Waals surface area contributed by atoms with Crippen LogP contribution in [0.4, 0.5) is 0 Å². The maximum absolute atomic E-state index is 10.9. The van der Waals surface area contributed by atoms with E-state index in [2.05, 4.69) is 13.8 Å². The van der Waals surface area contributed by atoms with Gasteiger partial charge in [-0.25, -0.2) is 0 Å². The first-order valence-electron chi connectivity index (χ1n) is 5.03. The van der Waals surface area contributed by atoms with Crippen LogP contribution in [0.5, 0.6) is 0 Å². The maximum Gasteiger partial charge on any atom is 0.307 e. The summed E-state index contributed by atoms with van der Waals surface area (Å²) in [5.74, 6) is 1.90. The first-order valence-corrected chi connectivity index (χ1v) is 5.03. The van der Waals surface area contributed by atoms with Crippen LogP contribution in [0.15, 0.2) is 11.1 Å². The molecule has 0 radical (unpaired) electrons. The van der Waals surface area contributed by atoms with Crippen molar-refractivity contribution in [3.63, 3.8) is 0 Å². The third kappa shape index (κ3) is 0.767. The molecule has 70 valence electrons. The molecule has 2 nitrogen and oxygen atoms in total. The normalized spacial score (nSPS) is 49.7. The molecule has 5 atom stereocenters. The summed E-state index contributed by atoms with van der Waals surface area (Å²) in [7, 11) is 0. The van der Waals surface area contributed by atoms with Crippen molar-refractivity contribution in [2.45, 2.75) is 20.3 Å². The Morgan fingerprint density at radius 1 is 1.46 bits per heavy atom. The SMILES string of the molecule is CC(C)=C1[C@@H]2[C@H](C(=O)O)[C@H]2[C@@H]2C[C@H]12. The quantitative estimate of drug-likeness (QED) is 0.623. The van der Waals surface area contributed by atoms with Crippen molar-refractivity contribution in [2.75, 3.05) is 0 Å². The molecule has 1 N–H and O–H groups in total. The molecular formula is C11H14O2. The van der Waals surface area contributed by atoms with Crippen molar-refractivity contribution in [3.05, 3.63) is 11.1 Å². The molecular weight excluding hydrogens is 164 g/mol. The van der Waals surface area contributed by atoms with Crippen molar-refractivity contribution in [3.8, 4) is 0 Å². The third-order valence-electron chi connectivity index (χ3n) is 4.03. The van der Waals surface area contributed by atoms with Crippen LogP contribution in [-0.4, -0.2) is 11.1 Å². The maximum atomic E-state index is 10.9. The first kappa shape index (κ1) is 7.60. The van der Waals surface area contributed by atoms with Crippen LogP contribution in [0.2, 0.25) is 0 Å². The molecule has 0 aliphatic heterocycles. The zero-order chi connectivity index (χ0) is 9.33. The molecule has 0 unspecified atom stereocenters. The van der Waals surface area contributed by atoms with Gasteiger partial charge in [0.05, 0.1) is 5.92 Å². The Labute approximate surface area is 77.6 Å². The van der Waals surface area contributed by atoms with Gasteiger partial charge in [0.25, 0.3) is 0 Å². The molecule has 0 aromatic rings. The number of allylic oxidation sites excluding steroid dienone is 2. The Morgan fingerprint density at radius 2 is 2.15 bits per heavy atom. The molecule has 0 aromatic carbocycles. The number of carboxylic acid groups (broad SMARTS) is 1. The molecule has 0 saturated heterocycles. The van der Waals surface area contributed by atoms with Crippen LogP contribution < -0.4 is 0 Å². The molecule has 0 spiro atoms. The van der Waals surface area contributed by atoms with Gasteiger partial charge in [0.1, 0.15) is 0 Å². The van der Waals surface area contributed by atoms with Gasteiger partial charge in [-0.15, -0.1) is 0 Å². The highest BCUT2D eigenvalue weighted by molar-refractivity contribution is 5.77. The van der Waals surface area contributed by atoms with Crippen LogP contribution in [0.25, 0.3) is 0 Å². The van der Waals surface area contributed by atoms with Crippen molar-refractivity contribution < 1.29 is 9.90 Å². The van der Waals surface area contributed by atoms with Crippen LogP contribution in [0.1, 0.15) is 20.3 Å². The Balaban J connectivity index is 1.95. The van der Waals surface area contributed by atoms with E-state index in [9.17, 15) is 4.79 Å². The summed E-state index contributed by atoms with van der Waals surface area (Å²) in [6.07, 6.45) is 1.27. The predicted octanol–water partition coefficient (Wildman–Crippen LogP) is 1.92. The van der Waals surface area contributed by atoms with Crippen molar-refractivity contribution in [1.82, 2.24) is 0 Å². The van der Waals surface area contributed by atoms with Gasteiger partial charge in [-0.2, -0.15) is 0 Å². The topological polar surface area (TPSA) is 37.3 Å². The van der Waals surface area contributed by atoms with Crippen molar-refractivity contribution in [2.24, 2.45) is 29.6 Å². The summed E-state index contributed by atoms with van der Waals surface area (Å²) in [6.45, 7) is 4.26. The van der Waals surface area contributed by atoms with E-state index in [4.69, 9.17) is 5.11 Å². The highest BCUT2D eigenvalue weighted by atomic mass is 16.4. The lowest BCUT2D eigenvalue weighted by atomic mass is 10.0. The Morgan fingerprint density at radius 3 is 2.69 bits per heavy atom. The lowest BCUT2D eigenvalue weighted by molar-refractivity contribution is -0.139. The summed E-state index contributed by atoms with van der Waals surface area (Å²) in [5.41, 5.74) is 2.88. The second-order valence-corrected chi connectivity index (χ2v) is 4.93. The summed E-state index contributed by atoms with van der Waals surface area (Å²) in [5, 5.41) is 8.97. The smallest absolute Gasteiger partial charge is 0.307 e. The Kier molecular flexibility index (Phi) is 1.17. The summed E-state index contributed by atoms with van der Waals surface area (Å²) in [4.78, 5) is 10.9. The van der Waals surface area contributed by atoms with Gasteiger partial charge in [-0.3, -0.25) is 4.79 Å².